The van der Waals surface area contributed by atoms with Gasteiger partial charge in [-0.15, -0.1) is 0 Å². The number of aryl methyl sites for hydroxylation is 2. The summed E-state index contributed by atoms with van der Waals surface area (Å²) in [5.41, 5.74) is 18.5. The summed E-state index contributed by atoms with van der Waals surface area (Å²) in [7, 11) is 2.07. The normalized spacial score (nSPS) is 12.1. The Bertz CT molecular complexity index is 3150. The molecule has 0 N–H and O–H groups in total. The van der Waals surface area contributed by atoms with Crippen molar-refractivity contribution in [2.75, 3.05) is 16.8 Å². The van der Waals surface area contributed by atoms with Crippen LogP contribution in [-0.2, 0) is 0 Å². The Kier molecular flexibility index (Phi) is 17.6. The fraction of sp³-hybridized carbons (Fsp3) is 0.134. The number of aromatic nitrogens is 1. The second-order valence-corrected chi connectivity index (χ2v) is 17.1. The summed E-state index contributed by atoms with van der Waals surface area (Å²) in [4.78, 5) is 4.50. The van der Waals surface area contributed by atoms with E-state index < -0.39 is 0 Å². The van der Waals surface area contributed by atoms with E-state index in [9.17, 15) is 0 Å². The van der Waals surface area contributed by atoms with E-state index >= 15 is 0 Å². The van der Waals surface area contributed by atoms with Crippen LogP contribution >= 0.6 is 0 Å². The standard InChI is InChI=1S/C40H40N2.C18H13N.C7H8.C2H6/c1-6-8-15-34(7-2)41(5)35-25-20-32(21-26-35)33-22-27-37(28-23-33)42(36-16-10-9-11-17-36)38-24-19-31(4)40(29-38)39-18-13-12-14-30(39)3;1-2-8-14(9-3-1)19-17-12-6-4-10-15(17)16-11-5-7-13-18(16)19;1-7-5-3-2-4-6-7;1-2/h6-12,14-17,19-29H,2,13,18H2,1,3-5H3;1-13H;2-6H,1H3;1-2H3/b8-6-,34-15+;;;. The molecular formula is C67H67N3. The van der Waals surface area contributed by atoms with Crippen molar-refractivity contribution in [3.05, 3.63) is 277 Å². The van der Waals surface area contributed by atoms with Crippen LogP contribution in [0.5, 0.6) is 0 Å². The first-order chi connectivity index (χ1) is 34.3. The first kappa shape index (κ1) is 49.8. The van der Waals surface area contributed by atoms with Gasteiger partial charge in [0.15, 0.2) is 0 Å². The van der Waals surface area contributed by atoms with Crippen molar-refractivity contribution in [2.24, 2.45) is 0 Å². The van der Waals surface area contributed by atoms with Crippen LogP contribution in [0, 0.1) is 13.8 Å². The van der Waals surface area contributed by atoms with E-state index in [0.717, 1.165) is 35.6 Å². The molecule has 0 bridgehead atoms. The molecule has 0 aliphatic heterocycles. The topological polar surface area (TPSA) is 11.4 Å². The lowest BCUT2D eigenvalue weighted by Crippen LogP contribution is -2.14. The lowest BCUT2D eigenvalue weighted by Gasteiger charge is -2.27. The molecule has 0 spiro atoms. The second-order valence-electron chi connectivity index (χ2n) is 17.1. The van der Waals surface area contributed by atoms with Gasteiger partial charge in [0.1, 0.15) is 0 Å². The molecule has 1 aromatic heterocycles. The molecule has 9 aromatic rings. The van der Waals surface area contributed by atoms with Crippen molar-refractivity contribution in [2.45, 2.75) is 54.4 Å². The third kappa shape index (κ3) is 11.9. The van der Waals surface area contributed by atoms with E-state index in [0.29, 0.717) is 0 Å². The van der Waals surface area contributed by atoms with Crippen molar-refractivity contribution in [3.63, 3.8) is 0 Å². The molecule has 0 amide bonds. The molecule has 10 rings (SSSR count). The molecule has 0 saturated heterocycles. The maximum Gasteiger partial charge on any atom is 0.0541 e. The fourth-order valence-electron chi connectivity index (χ4n) is 8.88. The lowest BCUT2D eigenvalue weighted by atomic mass is 9.89. The van der Waals surface area contributed by atoms with Gasteiger partial charge in [0.2, 0.25) is 0 Å². The number of hydrogen-bond donors (Lipinski definition) is 0. The van der Waals surface area contributed by atoms with Crippen LogP contribution in [0.25, 0.3) is 44.2 Å². The zero-order valence-electron chi connectivity index (χ0n) is 42.1. The van der Waals surface area contributed by atoms with E-state index in [4.69, 9.17) is 0 Å². The predicted molar refractivity (Wildman–Crippen MR) is 307 cm³/mol. The van der Waals surface area contributed by atoms with Gasteiger partial charge in [-0.25, -0.2) is 0 Å². The molecule has 0 radical (unpaired) electrons. The van der Waals surface area contributed by atoms with Crippen molar-refractivity contribution < 1.29 is 0 Å². The first-order valence-corrected chi connectivity index (χ1v) is 24.6. The van der Waals surface area contributed by atoms with Gasteiger partial charge in [-0.2, -0.15) is 0 Å². The Morgan fingerprint density at radius 1 is 0.557 bits per heavy atom. The number of fused-ring (bicyclic) bond motifs is 3. The highest BCUT2D eigenvalue weighted by atomic mass is 15.1. The number of likely N-dealkylation sites (N-methyl/N-ethyl adjacent to an activating group) is 1. The van der Waals surface area contributed by atoms with E-state index in [-0.39, 0.29) is 0 Å². The first-order valence-electron chi connectivity index (χ1n) is 24.6. The molecule has 3 heteroatoms. The van der Waals surface area contributed by atoms with E-state index in [2.05, 4.69) is 255 Å². The number of anilines is 4. The third-order valence-corrected chi connectivity index (χ3v) is 12.5. The number of hydrogen-bond acceptors (Lipinski definition) is 2. The summed E-state index contributed by atoms with van der Waals surface area (Å²) in [6.07, 6.45) is 14.7. The van der Waals surface area contributed by atoms with Crippen LogP contribution in [0.1, 0.15) is 57.2 Å². The molecule has 8 aromatic carbocycles. The minimum atomic E-state index is 1.05. The van der Waals surface area contributed by atoms with Crippen LogP contribution in [0.15, 0.2) is 261 Å². The molecule has 350 valence electrons. The third-order valence-electron chi connectivity index (χ3n) is 12.5. The molecule has 70 heavy (non-hydrogen) atoms. The largest absolute Gasteiger partial charge is 0.345 e. The van der Waals surface area contributed by atoms with E-state index in [1.165, 1.54) is 72.1 Å². The van der Waals surface area contributed by atoms with Gasteiger partial charge in [-0.1, -0.05) is 184 Å². The lowest BCUT2D eigenvalue weighted by molar-refractivity contribution is 1.03. The Labute approximate surface area is 418 Å². The summed E-state index contributed by atoms with van der Waals surface area (Å²) in [5.74, 6) is 0. The molecule has 3 nitrogen and oxygen atoms in total. The van der Waals surface area contributed by atoms with Crippen molar-refractivity contribution in [1.82, 2.24) is 4.57 Å². The number of para-hydroxylation sites is 4. The zero-order chi connectivity index (χ0) is 49.2. The second kappa shape index (κ2) is 24.8. The van der Waals surface area contributed by atoms with E-state index in [1.807, 2.05) is 57.2 Å². The molecule has 0 unspecified atom stereocenters. The number of benzene rings is 8. The summed E-state index contributed by atoms with van der Waals surface area (Å²) < 4.78 is 2.32. The molecular weight excluding hydrogens is 847 g/mol. The minimum absolute atomic E-state index is 1.05. The quantitative estimate of drug-likeness (QED) is 0.127. The predicted octanol–water partition coefficient (Wildman–Crippen LogP) is 19.1. The maximum absolute atomic E-state index is 3.98. The Morgan fingerprint density at radius 3 is 1.59 bits per heavy atom. The van der Waals surface area contributed by atoms with Crippen LogP contribution in [0.3, 0.4) is 0 Å². The van der Waals surface area contributed by atoms with Gasteiger partial charge in [0.25, 0.3) is 0 Å². The Balaban J connectivity index is 0.000000209. The molecule has 0 fully saturated rings. The highest BCUT2D eigenvalue weighted by molar-refractivity contribution is 6.09. The number of rotatable bonds is 10. The molecule has 0 saturated carbocycles. The minimum Gasteiger partial charge on any atom is -0.345 e. The van der Waals surface area contributed by atoms with Crippen LogP contribution in [-0.4, -0.2) is 11.6 Å². The van der Waals surface area contributed by atoms with E-state index in [1.54, 1.807) is 0 Å². The van der Waals surface area contributed by atoms with Crippen LogP contribution in [0.2, 0.25) is 0 Å². The van der Waals surface area contributed by atoms with Crippen molar-refractivity contribution in [3.8, 4) is 16.8 Å². The Morgan fingerprint density at radius 2 is 1.06 bits per heavy atom. The highest BCUT2D eigenvalue weighted by Gasteiger charge is 2.17. The van der Waals surface area contributed by atoms with Crippen LogP contribution < -0.4 is 9.80 Å². The smallest absolute Gasteiger partial charge is 0.0541 e. The van der Waals surface area contributed by atoms with Gasteiger partial charge in [-0.05, 0) is 159 Å². The van der Waals surface area contributed by atoms with Crippen LogP contribution in [0.4, 0.5) is 22.7 Å². The van der Waals surface area contributed by atoms with Crippen molar-refractivity contribution >= 4 is 50.1 Å². The molecule has 1 aliphatic rings. The summed E-state index contributed by atoms with van der Waals surface area (Å²) >= 11 is 0. The average Bonchev–Trinajstić information content (AvgIpc) is 3.76. The summed E-state index contributed by atoms with van der Waals surface area (Å²) in [6, 6.07) is 73.0. The zero-order valence-corrected chi connectivity index (χ0v) is 42.1. The monoisotopic (exact) mass is 914 g/mol. The van der Waals surface area contributed by atoms with Gasteiger partial charge in [0.05, 0.1) is 11.0 Å². The maximum atomic E-state index is 3.98. The highest BCUT2D eigenvalue weighted by Crippen LogP contribution is 2.40. The molecule has 1 aliphatic carbocycles. The average molecular weight is 914 g/mol. The van der Waals surface area contributed by atoms with Gasteiger partial charge in [-0.3, -0.25) is 0 Å². The fourth-order valence-corrected chi connectivity index (χ4v) is 8.88. The van der Waals surface area contributed by atoms with Gasteiger partial charge >= 0.3 is 0 Å². The summed E-state index contributed by atoms with van der Waals surface area (Å²) in [5, 5.41) is 2.61. The molecule has 0 atom stereocenters. The number of nitrogens with zero attached hydrogens (tertiary/aromatic N) is 3. The SMILES string of the molecule is C=C/C(=C\C=C/C)N(C)c1ccc(-c2ccc(N(c3ccccc3)c3ccc(C)c(C4=C(C)C=CCC4)c3)cc2)cc1.CC.Cc1ccccc1.c1ccc(-n2c3ccccc3c3ccccc32)cc1. The number of allylic oxidation sites excluding steroid dienone is 8. The van der Waals surface area contributed by atoms with Gasteiger partial charge < -0.3 is 14.4 Å². The molecule has 1 heterocycles. The van der Waals surface area contributed by atoms with Crippen molar-refractivity contribution in [1.29, 1.82) is 0 Å². The Hall–Kier alpha value is -8.14. The van der Waals surface area contributed by atoms with Gasteiger partial charge in [0, 0.05) is 52.0 Å². The summed E-state index contributed by atoms with van der Waals surface area (Å²) in [6.45, 7) is 16.5.